The standard InChI is InChI=1S/C17H10F6O4S2/c1-13-5(3-7(28-13)11(24)25)9-10(16(20,21)17(22,23)15(9,18)19)6-4-8(12(26)27)29-14(6,13)2/h3-4H,1-2H3,(H,24,25)(H,26,27)/t13-,14-/m1/s1. The Balaban J connectivity index is 2.18. The number of halogens is 6. The fourth-order valence-electron chi connectivity index (χ4n) is 4.12. The van der Waals surface area contributed by atoms with Crippen LogP contribution in [0.1, 0.15) is 13.8 Å². The molecule has 0 spiro atoms. The molecule has 1 fully saturated rings. The molecule has 0 bridgehead atoms. The molecule has 156 valence electrons. The molecule has 4 aliphatic rings. The third kappa shape index (κ3) is 2.01. The highest BCUT2D eigenvalue weighted by Gasteiger charge is 2.84. The van der Waals surface area contributed by atoms with Crippen LogP contribution < -0.4 is 0 Å². The highest BCUT2D eigenvalue weighted by Crippen LogP contribution is 2.74. The largest absolute Gasteiger partial charge is 0.477 e. The quantitative estimate of drug-likeness (QED) is 0.598. The van der Waals surface area contributed by atoms with Gasteiger partial charge in [-0.2, -0.15) is 26.3 Å². The molecule has 0 unspecified atom stereocenters. The highest BCUT2D eigenvalue weighted by atomic mass is 32.2. The number of alkyl halides is 6. The predicted octanol–water partition coefficient (Wildman–Crippen LogP) is 4.46. The van der Waals surface area contributed by atoms with Gasteiger partial charge in [-0.25, -0.2) is 9.59 Å². The number of carboxylic acid groups (broad SMARTS) is 2. The molecule has 0 radical (unpaired) electrons. The second kappa shape index (κ2) is 5.26. The molecule has 4 rings (SSSR count). The Morgan fingerprint density at radius 1 is 0.759 bits per heavy atom. The summed E-state index contributed by atoms with van der Waals surface area (Å²) in [6.45, 7) is 2.53. The van der Waals surface area contributed by atoms with Crippen LogP contribution in [0.25, 0.3) is 0 Å². The van der Waals surface area contributed by atoms with Crippen LogP contribution in [-0.4, -0.2) is 49.4 Å². The summed E-state index contributed by atoms with van der Waals surface area (Å²) in [5.41, 5.74) is -4.57. The van der Waals surface area contributed by atoms with E-state index in [-0.39, 0.29) is 0 Å². The van der Waals surface area contributed by atoms with Gasteiger partial charge in [-0.3, -0.25) is 0 Å². The predicted molar refractivity (Wildman–Crippen MR) is 92.3 cm³/mol. The molecule has 0 saturated heterocycles. The summed E-state index contributed by atoms with van der Waals surface area (Å²) in [6.07, 6.45) is 1.41. The van der Waals surface area contributed by atoms with E-state index in [0.717, 1.165) is 0 Å². The first-order valence-corrected chi connectivity index (χ1v) is 9.59. The minimum atomic E-state index is -5.77. The lowest BCUT2D eigenvalue weighted by atomic mass is 9.71. The van der Waals surface area contributed by atoms with Gasteiger partial charge in [-0.1, -0.05) is 0 Å². The minimum Gasteiger partial charge on any atom is -0.477 e. The van der Waals surface area contributed by atoms with Crippen molar-refractivity contribution in [2.75, 3.05) is 0 Å². The van der Waals surface area contributed by atoms with E-state index in [1.54, 1.807) is 0 Å². The van der Waals surface area contributed by atoms with Crippen LogP contribution in [0.2, 0.25) is 0 Å². The van der Waals surface area contributed by atoms with Gasteiger partial charge in [0.2, 0.25) is 0 Å². The van der Waals surface area contributed by atoms with Crippen molar-refractivity contribution in [3.05, 3.63) is 44.3 Å². The van der Waals surface area contributed by atoms with Gasteiger partial charge in [-0.15, -0.1) is 23.5 Å². The summed E-state index contributed by atoms with van der Waals surface area (Å²) in [6, 6.07) is 0. The molecule has 2 heterocycles. The van der Waals surface area contributed by atoms with Gasteiger partial charge in [0.25, 0.3) is 0 Å². The molecule has 4 nitrogen and oxygen atoms in total. The number of rotatable bonds is 2. The van der Waals surface area contributed by atoms with Crippen molar-refractivity contribution in [2.24, 2.45) is 0 Å². The van der Waals surface area contributed by atoms with Gasteiger partial charge < -0.3 is 10.2 Å². The van der Waals surface area contributed by atoms with Gasteiger partial charge in [0.1, 0.15) is 0 Å². The SMILES string of the molecule is C[C@@]12SC(C(=O)O)=CC1=C1C(=C3C=C(C(=O)O)S[C@]32C)C(F)(F)C(F)(F)C1(F)F. The molecule has 2 aliphatic heterocycles. The molecule has 2 aliphatic carbocycles. The van der Waals surface area contributed by atoms with Crippen molar-refractivity contribution in [2.45, 2.75) is 41.1 Å². The summed E-state index contributed by atoms with van der Waals surface area (Å²) >= 11 is 1.09. The molecule has 2 N–H and O–H groups in total. The van der Waals surface area contributed by atoms with E-state index in [0.29, 0.717) is 35.7 Å². The smallest absolute Gasteiger partial charge is 0.380 e. The van der Waals surface area contributed by atoms with E-state index >= 15 is 0 Å². The van der Waals surface area contributed by atoms with E-state index in [9.17, 15) is 46.1 Å². The van der Waals surface area contributed by atoms with Crippen LogP contribution in [0.15, 0.2) is 44.3 Å². The normalized spacial score (nSPS) is 35.7. The third-order valence-corrected chi connectivity index (χ3v) is 8.97. The highest BCUT2D eigenvalue weighted by molar-refractivity contribution is 8.10. The molecule has 0 aromatic carbocycles. The third-order valence-electron chi connectivity index (χ3n) is 5.74. The van der Waals surface area contributed by atoms with Crippen LogP contribution in [0.3, 0.4) is 0 Å². The Labute approximate surface area is 167 Å². The Kier molecular flexibility index (Phi) is 3.71. The first kappa shape index (κ1) is 20.5. The topological polar surface area (TPSA) is 74.6 Å². The minimum absolute atomic E-state index is 0.490. The number of carbonyl (C=O) groups is 2. The fourth-order valence-corrected chi connectivity index (χ4v) is 6.93. The van der Waals surface area contributed by atoms with Crippen LogP contribution in [0.4, 0.5) is 26.3 Å². The first-order chi connectivity index (χ1) is 13.0. The van der Waals surface area contributed by atoms with E-state index in [2.05, 4.69) is 0 Å². The number of thioether (sulfide) groups is 2. The van der Waals surface area contributed by atoms with Crippen molar-refractivity contribution in [3.63, 3.8) is 0 Å². The Morgan fingerprint density at radius 2 is 1.07 bits per heavy atom. The lowest BCUT2D eigenvalue weighted by molar-refractivity contribution is -0.258. The second-order valence-corrected chi connectivity index (χ2v) is 10.1. The van der Waals surface area contributed by atoms with Crippen molar-refractivity contribution in [3.8, 4) is 0 Å². The van der Waals surface area contributed by atoms with E-state index < -0.39 is 71.3 Å². The Morgan fingerprint density at radius 3 is 1.34 bits per heavy atom. The van der Waals surface area contributed by atoms with E-state index in [4.69, 9.17) is 0 Å². The maximum Gasteiger partial charge on any atom is 0.380 e. The number of fused-ring (bicyclic) bond motifs is 4. The van der Waals surface area contributed by atoms with Gasteiger partial charge in [0.15, 0.2) is 0 Å². The molecule has 0 amide bonds. The van der Waals surface area contributed by atoms with Crippen molar-refractivity contribution < 1.29 is 46.1 Å². The van der Waals surface area contributed by atoms with E-state index in [1.165, 1.54) is 13.8 Å². The van der Waals surface area contributed by atoms with Crippen LogP contribution >= 0.6 is 23.5 Å². The molecule has 0 aromatic rings. The van der Waals surface area contributed by atoms with Gasteiger partial charge in [0, 0.05) is 11.1 Å². The van der Waals surface area contributed by atoms with Gasteiger partial charge >= 0.3 is 29.7 Å². The number of aliphatic carboxylic acids is 2. The van der Waals surface area contributed by atoms with Gasteiger partial charge in [-0.05, 0) is 37.1 Å². The molecule has 2 atom stereocenters. The summed E-state index contributed by atoms with van der Waals surface area (Å²) in [5, 5.41) is 18.6. The number of carboxylic acids is 2. The summed E-state index contributed by atoms with van der Waals surface area (Å²) in [5.74, 6) is -19.4. The average molecular weight is 456 g/mol. The van der Waals surface area contributed by atoms with Crippen molar-refractivity contribution in [1.29, 1.82) is 0 Å². The molecular weight excluding hydrogens is 446 g/mol. The zero-order chi connectivity index (χ0) is 21.9. The number of hydrogen-bond acceptors (Lipinski definition) is 4. The Hall–Kier alpha value is -1.82. The van der Waals surface area contributed by atoms with Crippen molar-refractivity contribution >= 4 is 35.5 Å². The Bertz CT molecular complexity index is 961. The van der Waals surface area contributed by atoms with Crippen molar-refractivity contribution in [1.82, 2.24) is 0 Å². The maximum atomic E-state index is 14.7. The zero-order valence-electron chi connectivity index (χ0n) is 14.4. The average Bonchev–Trinajstić information content (AvgIpc) is 3.14. The first-order valence-electron chi connectivity index (χ1n) is 7.96. The maximum absolute atomic E-state index is 14.7. The molecule has 0 aromatic heterocycles. The summed E-state index contributed by atoms with van der Waals surface area (Å²) < 4.78 is 83.7. The summed E-state index contributed by atoms with van der Waals surface area (Å²) in [4.78, 5) is 21.9. The zero-order valence-corrected chi connectivity index (χ0v) is 16.1. The van der Waals surface area contributed by atoms with Gasteiger partial charge in [0.05, 0.1) is 19.3 Å². The lowest BCUT2D eigenvalue weighted by Crippen LogP contribution is -2.49. The van der Waals surface area contributed by atoms with E-state index in [1.807, 2.05) is 0 Å². The molecule has 1 saturated carbocycles. The monoisotopic (exact) mass is 456 g/mol. The van der Waals surface area contributed by atoms with Crippen LogP contribution in [0.5, 0.6) is 0 Å². The van der Waals surface area contributed by atoms with Crippen LogP contribution in [0, 0.1) is 0 Å². The molecule has 12 heteroatoms. The summed E-state index contributed by atoms with van der Waals surface area (Å²) in [7, 11) is 0. The van der Waals surface area contributed by atoms with Crippen LogP contribution in [-0.2, 0) is 9.59 Å². The lowest BCUT2D eigenvalue weighted by Gasteiger charge is -2.46. The number of allylic oxidation sites excluding steroid dienone is 4. The fraction of sp³-hybridized carbons (Fsp3) is 0.412. The molecule has 29 heavy (non-hydrogen) atoms. The molecular formula is C17H10F6O4S2. The number of hydrogen-bond donors (Lipinski definition) is 2. The second-order valence-electron chi connectivity index (χ2n) is 7.20.